The van der Waals surface area contributed by atoms with Gasteiger partial charge in [0.2, 0.25) is 0 Å². The first kappa shape index (κ1) is 14.2. The van der Waals surface area contributed by atoms with Gasteiger partial charge in [-0.15, -0.1) is 5.10 Å². The molecule has 20 heavy (non-hydrogen) atoms. The standard InChI is InChI=1S/C13H18N4O3/c1-5-19-13(18)11-12(8(2)3)17(16-14-11)7-10-6-9(4)20-15-10/h6,8H,5,7H2,1-4H3. The van der Waals surface area contributed by atoms with Crippen LogP contribution in [0.25, 0.3) is 0 Å². The van der Waals surface area contributed by atoms with Gasteiger partial charge in [-0.25, -0.2) is 9.48 Å². The number of ether oxygens (including phenoxy) is 1. The summed E-state index contributed by atoms with van der Waals surface area (Å²) >= 11 is 0. The maximum absolute atomic E-state index is 11.9. The monoisotopic (exact) mass is 278 g/mol. The van der Waals surface area contributed by atoms with Crippen LogP contribution in [-0.4, -0.2) is 32.7 Å². The van der Waals surface area contributed by atoms with Crippen molar-refractivity contribution in [3.8, 4) is 0 Å². The average Bonchev–Trinajstić information content (AvgIpc) is 2.96. The molecule has 0 N–H and O–H groups in total. The number of hydrogen-bond donors (Lipinski definition) is 0. The van der Waals surface area contributed by atoms with Crippen LogP contribution in [0.4, 0.5) is 0 Å². The van der Waals surface area contributed by atoms with E-state index >= 15 is 0 Å². The summed E-state index contributed by atoms with van der Waals surface area (Å²) in [7, 11) is 0. The molecule has 0 spiro atoms. The fourth-order valence-electron chi connectivity index (χ4n) is 2.00. The number of aryl methyl sites for hydroxylation is 1. The molecule has 0 aromatic carbocycles. The lowest BCUT2D eigenvalue weighted by atomic mass is 10.1. The van der Waals surface area contributed by atoms with Gasteiger partial charge in [-0.1, -0.05) is 24.2 Å². The predicted molar refractivity (Wildman–Crippen MR) is 70.4 cm³/mol. The Balaban J connectivity index is 2.31. The number of carbonyl (C=O) groups is 1. The Labute approximate surface area is 116 Å². The number of nitrogens with zero attached hydrogens (tertiary/aromatic N) is 4. The molecule has 0 saturated carbocycles. The van der Waals surface area contributed by atoms with Crippen LogP contribution in [0.2, 0.25) is 0 Å². The molecule has 0 radical (unpaired) electrons. The first-order chi connectivity index (χ1) is 9.52. The molecule has 0 saturated heterocycles. The predicted octanol–water partition coefficient (Wildman–Crippen LogP) is 1.92. The molecule has 7 nitrogen and oxygen atoms in total. The average molecular weight is 278 g/mol. The Kier molecular flexibility index (Phi) is 4.16. The highest BCUT2D eigenvalue weighted by atomic mass is 16.5. The van der Waals surface area contributed by atoms with Crippen LogP contribution < -0.4 is 0 Å². The highest BCUT2D eigenvalue weighted by Crippen LogP contribution is 2.19. The number of esters is 1. The lowest BCUT2D eigenvalue weighted by molar-refractivity contribution is 0.0517. The van der Waals surface area contributed by atoms with E-state index in [4.69, 9.17) is 9.26 Å². The zero-order valence-corrected chi connectivity index (χ0v) is 12.1. The van der Waals surface area contributed by atoms with Crippen molar-refractivity contribution in [2.75, 3.05) is 6.61 Å². The second-order valence-electron chi connectivity index (χ2n) is 4.79. The summed E-state index contributed by atoms with van der Waals surface area (Å²) in [6, 6.07) is 1.83. The van der Waals surface area contributed by atoms with E-state index < -0.39 is 5.97 Å². The molecule has 0 aliphatic carbocycles. The molecular formula is C13H18N4O3. The van der Waals surface area contributed by atoms with Gasteiger partial charge in [0, 0.05) is 6.07 Å². The second kappa shape index (κ2) is 5.85. The van der Waals surface area contributed by atoms with Crippen molar-refractivity contribution in [3.63, 3.8) is 0 Å². The SMILES string of the molecule is CCOC(=O)c1nnn(Cc2cc(C)on2)c1C(C)C. The van der Waals surface area contributed by atoms with Gasteiger partial charge < -0.3 is 9.26 Å². The third kappa shape index (κ3) is 2.87. The Morgan fingerprint density at radius 2 is 2.25 bits per heavy atom. The van der Waals surface area contributed by atoms with E-state index in [1.54, 1.807) is 11.6 Å². The molecule has 0 aliphatic heterocycles. The largest absolute Gasteiger partial charge is 0.461 e. The molecule has 0 aliphatic rings. The zero-order valence-electron chi connectivity index (χ0n) is 12.1. The van der Waals surface area contributed by atoms with Crippen molar-refractivity contribution in [1.82, 2.24) is 20.2 Å². The molecule has 2 heterocycles. The van der Waals surface area contributed by atoms with Gasteiger partial charge in [-0.2, -0.15) is 0 Å². The highest BCUT2D eigenvalue weighted by Gasteiger charge is 2.23. The van der Waals surface area contributed by atoms with E-state index in [2.05, 4.69) is 15.5 Å². The van der Waals surface area contributed by atoms with Gasteiger partial charge in [-0.3, -0.25) is 0 Å². The van der Waals surface area contributed by atoms with Crippen LogP contribution in [0.5, 0.6) is 0 Å². The van der Waals surface area contributed by atoms with Crippen molar-refractivity contribution in [2.24, 2.45) is 0 Å². The van der Waals surface area contributed by atoms with Crippen molar-refractivity contribution in [3.05, 3.63) is 28.9 Å². The molecule has 2 aromatic heterocycles. The third-order valence-corrected chi connectivity index (χ3v) is 2.78. The van der Waals surface area contributed by atoms with Crippen molar-refractivity contribution in [2.45, 2.75) is 40.2 Å². The molecule has 7 heteroatoms. The van der Waals surface area contributed by atoms with Crippen LogP contribution in [0.15, 0.2) is 10.6 Å². The van der Waals surface area contributed by atoms with Gasteiger partial charge in [0.15, 0.2) is 5.69 Å². The van der Waals surface area contributed by atoms with E-state index in [1.807, 2.05) is 26.8 Å². The summed E-state index contributed by atoms with van der Waals surface area (Å²) in [6.07, 6.45) is 0. The van der Waals surface area contributed by atoms with E-state index in [-0.39, 0.29) is 11.6 Å². The topological polar surface area (TPSA) is 83.0 Å². The summed E-state index contributed by atoms with van der Waals surface area (Å²) in [4.78, 5) is 11.9. The number of carbonyl (C=O) groups excluding carboxylic acids is 1. The third-order valence-electron chi connectivity index (χ3n) is 2.78. The van der Waals surface area contributed by atoms with Crippen LogP contribution in [0.1, 0.15) is 54.3 Å². The number of hydrogen-bond acceptors (Lipinski definition) is 6. The van der Waals surface area contributed by atoms with Gasteiger partial charge in [0.05, 0.1) is 18.8 Å². The highest BCUT2D eigenvalue weighted by molar-refractivity contribution is 5.88. The van der Waals surface area contributed by atoms with Crippen LogP contribution in [0, 0.1) is 6.92 Å². The Morgan fingerprint density at radius 3 is 2.80 bits per heavy atom. The maximum atomic E-state index is 11.9. The zero-order chi connectivity index (χ0) is 14.7. The Morgan fingerprint density at radius 1 is 1.50 bits per heavy atom. The molecule has 2 aromatic rings. The Hall–Kier alpha value is -2.18. The summed E-state index contributed by atoms with van der Waals surface area (Å²) in [5, 5.41) is 11.9. The first-order valence-corrected chi connectivity index (χ1v) is 6.55. The smallest absolute Gasteiger partial charge is 0.360 e. The molecule has 0 unspecified atom stereocenters. The molecule has 0 bridgehead atoms. The Bertz CT molecular complexity index is 601. The van der Waals surface area contributed by atoms with Crippen molar-refractivity contribution < 1.29 is 14.1 Å². The molecule has 0 fully saturated rings. The fraction of sp³-hybridized carbons (Fsp3) is 0.538. The molecule has 2 rings (SSSR count). The summed E-state index contributed by atoms with van der Waals surface area (Å²) < 4.78 is 11.7. The lowest BCUT2D eigenvalue weighted by Crippen LogP contribution is -2.13. The van der Waals surface area contributed by atoms with Crippen molar-refractivity contribution >= 4 is 5.97 Å². The van der Waals surface area contributed by atoms with Crippen LogP contribution >= 0.6 is 0 Å². The maximum Gasteiger partial charge on any atom is 0.360 e. The fourth-order valence-corrected chi connectivity index (χ4v) is 2.00. The van der Waals surface area contributed by atoms with E-state index in [9.17, 15) is 4.79 Å². The molecular weight excluding hydrogens is 260 g/mol. The molecule has 0 atom stereocenters. The van der Waals surface area contributed by atoms with Gasteiger partial charge in [-0.05, 0) is 19.8 Å². The summed E-state index contributed by atoms with van der Waals surface area (Å²) in [6.45, 7) is 8.27. The van der Waals surface area contributed by atoms with E-state index in [1.165, 1.54) is 0 Å². The van der Waals surface area contributed by atoms with E-state index in [0.717, 1.165) is 17.1 Å². The van der Waals surface area contributed by atoms with Gasteiger partial charge in [0.25, 0.3) is 0 Å². The minimum absolute atomic E-state index is 0.0948. The van der Waals surface area contributed by atoms with Gasteiger partial charge in [0.1, 0.15) is 11.5 Å². The second-order valence-corrected chi connectivity index (χ2v) is 4.79. The summed E-state index contributed by atoms with van der Waals surface area (Å²) in [5.41, 5.74) is 1.75. The minimum atomic E-state index is -0.446. The van der Waals surface area contributed by atoms with Crippen molar-refractivity contribution in [1.29, 1.82) is 0 Å². The quantitative estimate of drug-likeness (QED) is 0.777. The van der Waals surface area contributed by atoms with E-state index in [0.29, 0.717) is 13.2 Å². The van der Waals surface area contributed by atoms with Crippen LogP contribution in [-0.2, 0) is 11.3 Å². The number of rotatable bonds is 5. The minimum Gasteiger partial charge on any atom is -0.461 e. The lowest BCUT2D eigenvalue weighted by Gasteiger charge is -2.09. The normalized spacial score (nSPS) is 11.1. The summed E-state index contributed by atoms with van der Waals surface area (Å²) in [5.74, 6) is 0.382. The number of aromatic nitrogens is 4. The van der Waals surface area contributed by atoms with Crippen LogP contribution in [0.3, 0.4) is 0 Å². The molecule has 108 valence electrons. The first-order valence-electron chi connectivity index (χ1n) is 6.55. The van der Waals surface area contributed by atoms with Gasteiger partial charge >= 0.3 is 5.97 Å². The molecule has 0 amide bonds.